The highest BCUT2D eigenvalue weighted by atomic mass is 16.6. The van der Waals surface area contributed by atoms with E-state index in [1.165, 1.54) is 0 Å². The number of rotatable bonds is 4. The zero-order valence-corrected chi connectivity index (χ0v) is 8.33. The predicted octanol–water partition coefficient (Wildman–Crippen LogP) is 2.45. The maximum atomic E-state index is 8.45. The molecule has 1 saturated heterocycles. The molecule has 1 aliphatic rings. The fourth-order valence-electron chi connectivity index (χ4n) is 1.45. The molecule has 5 nitrogen and oxygen atoms in total. The molecule has 1 aliphatic heterocycles. The van der Waals surface area contributed by atoms with Crippen molar-refractivity contribution in [1.82, 2.24) is 0 Å². The van der Waals surface area contributed by atoms with Crippen LogP contribution in [0.5, 0.6) is 5.75 Å². The Morgan fingerprint density at radius 2 is 2.20 bits per heavy atom. The molecule has 0 radical (unpaired) electrons. The molecular formula is C10H11N3O2. The van der Waals surface area contributed by atoms with Gasteiger partial charge in [-0.15, -0.1) is 0 Å². The summed E-state index contributed by atoms with van der Waals surface area (Å²) in [5.41, 5.74) is 9.41. The molecule has 15 heavy (non-hydrogen) atoms. The minimum Gasteiger partial charge on any atom is -0.497 e. The summed E-state index contributed by atoms with van der Waals surface area (Å²) in [7, 11) is 1.62. The largest absolute Gasteiger partial charge is 0.497 e. The molecule has 1 aromatic rings. The predicted molar refractivity (Wildman–Crippen MR) is 54.6 cm³/mol. The van der Waals surface area contributed by atoms with Crippen molar-refractivity contribution in [2.24, 2.45) is 5.11 Å². The Morgan fingerprint density at radius 1 is 1.53 bits per heavy atom. The van der Waals surface area contributed by atoms with Crippen molar-refractivity contribution in [1.29, 1.82) is 0 Å². The van der Waals surface area contributed by atoms with Gasteiger partial charge in [0.15, 0.2) is 0 Å². The Morgan fingerprint density at radius 3 is 2.67 bits per heavy atom. The summed E-state index contributed by atoms with van der Waals surface area (Å²) in [6, 6.07) is 7.25. The quantitative estimate of drug-likeness (QED) is 0.328. The first-order valence-electron chi connectivity index (χ1n) is 4.65. The number of ether oxygens (including phenoxy) is 2. The molecule has 0 saturated carbocycles. The summed E-state index contributed by atoms with van der Waals surface area (Å²) in [6.45, 7) is 0.662. The van der Waals surface area contributed by atoms with E-state index in [4.69, 9.17) is 15.0 Å². The third-order valence-corrected chi connectivity index (χ3v) is 2.34. The van der Waals surface area contributed by atoms with Gasteiger partial charge in [0.1, 0.15) is 5.75 Å². The van der Waals surface area contributed by atoms with E-state index >= 15 is 0 Å². The molecule has 0 aliphatic carbocycles. The molecule has 5 heteroatoms. The summed E-state index contributed by atoms with van der Waals surface area (Å²) in [5.74, 6) is 0.787. The van der Waals surface area contributed by atoms with Crippen LogP contribution in [0.3, 0.4) is 0 Å². The minimum atomic E-state index is -0.221. The lowest BCUT2D eigenvalue weighted by atomic mass is 10.1. The third kappa shape index (κ3) is 2.21. The van der Waals surface area contributed by atoms with Gasteiger partial charge in [-0.05, 0) is 23.2 Å². The fourth-order valence-corrected chi connectivity index (χ4v) is 1.45. The number of azide groups is 1. The van der Waals surface area contributed by atoms with Gasteiger partial charge >= 0.3 is 0 Å². The van der Waals surface area contributed by atoms with E-state index in [0.717, 1.165) is 11.3 Å². The van der Waals surface area contributed by atoms with Crippen LogP contribution in [0, 0.1) is 0 Å². The molecule has 0 N–H and O–H groups in total. The maximum Gasteiger partial charge on any atom is 0.118 e. The monoisotopic (exact) mass is 205 g/mol. The maximum absolute atomic E-state index is 8.45. The average Bonchev–Trinajstić information content (AvgIpc) is 3.10. The van der Waals surface area contributed by atoms with E-state index in [0.29, 0.717) is 6.61 Å². The molecule has 0 spiro atoms. The average molecular weight is 205 g/mol. The Bertz CT molecular complexity index is 380. The Kier molecular flexibility index (Phi) is 2.76. The lowest BCUT2D eigenvalue weighted by Crippen LogP contribution is -2.02. The second-order valence-electron chi connectivity index (χ2n) is 3.29. The van der Waals surface area contributed by atoms with E-state index in [9.17, 15) is 0 Å². The van der Waals surface area contributed by atoms with Gasteiger partial charge in [0.05, 0.1) is 25.9 Å². The van der Waals surface area contributed by atoms with Gasteiger partial charge in [-0.1, -0.05) is 17.2 Å². The van der Waals surface area contributed by atoms with Crippen molar-refractivity contribution in [3.63, 3.8) is 0 Å². The van der Waals surface area contributed by atoms with Gasteiger partial charge in [-0.3, -0.25) is 0 Å². The Balaban J connectivity index is 2.21. The molecule has 0 unspecified atom stereocenters. The first kappa shape index (κ1) is 9.83. The van der Waals surface area contributed by atoms with Gasteiger partial charge in [0.2, 0.25) is 0 Å². The van der Waals surface area contributed by atoms with Gasteiger partial charge in [0.25, 0.3) is 0 Å². The molecule has 0 amide bonds. The van der Waals surface area contributed by atoms with Crippen molar-refractivity contribution in [2.45, 2.75) is 12.1 Å². The summed E-state index contributed by atoms with van der Waals surface area (Å²) in [4.78, 5) is 2.83. The molecule has 1 aromatic carbocycles. The number of benzene rings is 1. The summed E-state index contributed by atoms with van der Waals surface area (Å²) in [6.07, 6.45) is 0.0364. The molecule has 1 fully saturated rings. The molecular weight excluding hydrogens is 194 g/mol. The fraction of sp³-hybridized carbons (Fsp3) is 0.400. The van der Waals surface area contributed by atoms with E-state index in [1.807, 2.05) is 24.3 Å². The second kappa shape index (κ2) is 4.21. The first-order chi connectivity index (χ1) is 7.35. The van der Waals surface area contributed by atoms with Gasteiger partial charge in [0, 0.05) is 4.91 Å². The first-order valence-corrected chi connectivity index (χ1v) is 4.65. The SMILES string of the molecule is COc1ccc([C@H](N=[N+]=[N-])[C@@H]2CO2)cc1. The highest BCUT2D eigenvalue weighted by molar-refractivity contribution is 5.30. The molecule has 0 aromatic heterocycles. The lowest BCUT2D eigenvalue weighted by Gasteiger charge is -2.08. The van der Waals surface area contributed by atoms with E-state index < -0.39 is 0 Å². The molecule has 2 atom stereocenters. The lowest BCUT2D eigenvalue weighted by molar-refractivity contribution is 0.375. The van der Waals surface area contributed by atoms with E-state index in [1.54, 1.807) is 7.11 Å². The molecule has 0 bridgehead atoms. The Labute approximate surface area is 87.2 Å². The van der Waals surface area contributed by atoms with Crippen molar-refractivity contribution < 1.29 is 9.47 Å². The molecule has 2 rings (SSSR count). The summed E-state index contributed by atoms with van der Waals surface area (Å²) < 4.78 is 10.2. The van der Waals surface area contributed by atoms with Crippen LogP contribution in [0.2, 0.25) is 0 Å². The molecule has 78 valence electrons. The number of methoxy groups -OCH3 is 1. The van der Waals surface area contributed by atoms with Crippen molar-refractivity contribution >= 4 is 0 Å². The smallest absolute Gasteiger partial charge is 0.118 e. The topological polar surface area (TPSA) is 70.5 Å². The number of nitrogens with zero attached hydrogens (tertiary/aromatic N) is 3. The number of epoxide rings is 1. The third-order valence-electron chi connectivity index (χ3n) is 2.34. The van der Waals surface area contributed by atoms with Crippen LogP contribution in [0.15, 0.2) is 29.4 Å². The van der Waals surface area contributed by atoms with Crippen LogP contribution in [-0.2, 0) is 4.74 Å². The van der Waals surface area contributed by atoms with Crippen LogP contribution in [-0.4, -0.2) is 19.8 Å². The van der Waals surface area contributed by atoms with Crippen molar-refractivity contribution in [2.75, 3.05) is 13.7 Å². The van der Waals surface area contributed by atoms with Crippen LogP contribution >= 0.6 is 0 Å². The van der Waals surface area contributed by atoms with Gasteiger partial charge < -0.3 is 9.47 Å². The van der Waals surface area contributed by atoms with Crippen LogP contribution in [0.25, 0.3) is 10.4 Å². The normalized spacial score (nSPS) is 20.2. The highest BCUT2D eigenvalue weighted by Gasteiger charge is 2.33. The second-order valence-corrected chi connectivity index (χ2v) is 3.29. The van der Waals surface area contributed by atoms with Crippen molar-refractivity contribution in [3.8, 4) is 5.75 Å². The molecule has 1 heterocycles. The van der Waals surface area contributed by atoms with Crippen molar-refractivity contribution in [3.05, 3.63) is 40.3 Å². The van der Waals surface area contributed by atoms with Crippen LogP contribution in [0.4, 0.5) is 0 Å². The number of hydrogen-bond acceptors (Lipinski definition) is 3. The van der Waals surface area contributed by atoms with E-state index in [2.05, 4.69) is 10.0 Å². The van der Waals surface area contributed by atoms with Crippen LogP contribution in [0.1, 0.15) is 11.6 Å². The standard InChI is InChI=1S/C10H11N3O2/c1-14-8-4-2-7(3-5-8)10(12-13-11)9-6-15-9/h2-5,9-10H,6H2,1H3/t9-,10-/m0/s1. The van der Waals surface area contributed by atoms with Crippen LogP contribution < -0.4 is 4.74 Å². The highest BCUT2D eigenvalue weighted by Crippen LogP contribution is 2.31. The zero-order valence-electron chi connectivity index (χ0n) is 8.33. The summed E-state index contributed by atoms with van der Waals surface area (Å²) in [5, 5.41) is 3.73. The zero-order chi connectivity index (χ0) is 10.7. The summed E-state index contributed by atoms with van der Waals surface area (Å²) >= 11 is 0. The minimum absolute atomic E-state index is 0.0364. The van der Waals surface area contributed by atoms with Gasteiger partial charge in [-0.2, -0.15) is 0 Å². The van der Waals surface area contributed by atoms with Gasteiger partial charge in [-0.25, -0.2) is 0 Å². The Hall–Kier alpha value is -1.71. The number of hydrogen-bond donors (Lipinski definition) is 0. The van der Waals surface area contributed by atoms with E-state index in [-0.39, 0.29) is 12.1 Å².